The first-order valence-electron chi connectivity index (χ1n) is 8.78. The Balaban J connectivity index is 2.12. The van der Waals surface area contributed by atoms with Gasteiger partial charge in [0.15, 0.2) is 0 Å². The average Bonchev–Trinajstić information content (AvgIpc) is 3.12. The van der Waals surface area contributed by atoms with Gasteiger partial charge in [-0.3, -0.25) is 4.79 Å². The predicted molar refractivity (Wildman–Crippen MR) is 97.6 cm³/mol. The van der Waals surface area contributed by atoms with E-state index in [-0.39, 0.29) is 5.75 Å². The van der Waals surface area contributed by atoms with Crippen LogP contribution >= 0.6 is 0 Å². The van der Waals surface area contributed by atoms with Crippen LogP contribution in [-0.4, -0.2) is 20.7 Å². The summed E-state index contributed by atoms with van der Waals surface area (Å²) in [5.74, 6) is 0.416. The number of phenols is 1. The van der Waals surface area contributed by atoms with E-state index in [4.69, 9.17) is 10.3 Å². The Bertz CT molecular complexity index is 977. The number of carbonyl (C=O) groups excluding carboxylic acids is 1. The van der Waals surface area contributed by atoms with Gasteiger partial charge in [-0.1, -0.05) is 5.16 Å². The molecule has 6 heteroatoms. The van der Waals surface area contributed by atoms with Gasteiger partial charge in [-0.2, -0.15) is 0 Å². The van der Waals surface area contributed by atoms with E-state index in [0.29, 0.717) is 11.3 Å². The van der Waals surface area contributed by atoms with Gasteiger partial charge in [-0.25, -0.2) is 0 Å². The van der Waals surface area contributed by atoms with Crippen molar-refractivity contribution in [1.82, 2.24) is 9.72 Å². The van der Waals surface area contributed by atoms with Gasteiger partial charge in [0.2, 0.25) is 0 Å². The van der Waals surface area contributed by atoms with E-state index in [1.165, 1.54) is 0 Å². The SMILES string of the molecule is Cc1noc(C)c1-c1c(C(N)=O)c2c(n1-c1ccc(O)cc1)CCCC2. The number of nitrogens with two attached hydrogens (primary N) is 1. The lowest BCUT2D eigenvalue weighted by Crippen LogP contribution is -2.15. The highest BCUT2D eigenvalue weighted by Gasteiger charge is 2.31. The van der Waals surface area contributed by atoms with Crippen LogP contribution in [0.1, 0.15) is 45.9 Å². The molecule has 134 valence electrons. The van der Waals surface area contributed by atoms with Gasteiger partial charge in [0.25, 0.3) is 5.91 Å². The number of aromatic hydroxyl groups is 1. The molecule has 2 heterocycles. The third-order valence-electron chi connectivity index (χ3n) is 5.10. The van der Waals surface area contributed by atoms with Crippen LogP contribution in [0.15, 0.2) is 28.8 Å². The standard InChI is InChI=1S/C20H21N3O3/c1-11-17(12(2)26-22-11)19-18(20(21)25)15-5-3-4-6-16(15)23(19)13-7-9-14(24)10-8-13/h7-10,24H,3-6H2,1-2H3,(H2,21,25). The topological polar surface area (TPSA) is 94.3 Å². The summed E-state index contributed by atoms with van der Waals surface area (Å²) in [6.45, 7) is 3.71. The van der Waals surface area contributed by atoms with E-state index < -0.39 is 5.91 Å². The monoisotopic (exact) mass is 351 g/mol. The molecule has 2 aromatic heterocycles. The number of primary amides is 1. The van der Waals surface area contributed by atoms with Crippen LogP contribution in [0.3, 0.4) is 0 Å². The van der Waals surface area contributed by atoms with Crippen molar-refractivity contribution in [3.63, 3.8) is 0 Å². The van der Waals surface area contributed by atoms with Crippen molar-refractivity contribution in [3.05, 3.63) is 52.5 Å². The summed E-state index contributed by atoms with van der Waals surface area (Å²) in [5, 5.41) is 13.7. The molecule has 0 spiro atoms. The van der Waals surface area contributed by atoms with Crippen LogP contribution < -0.4 is 5.73 Å². The minimum absolute atomic E-state index is 0.198. The molecule has 1 amide bonds. The Morgan fingerprint density at radius 1 is 1.19 bits per heavy atom. The van der Waals surface area contributed by atoms with Crippen molar-refractivity contribution in [2.75, 3.05) is 0 Å². The number of carbonyl (C=O) groups is 1. The molecule has 0 bridgehead atoms. The number of aromatic nitrogens is 2. The van der Waals surface area contributed by atoms with Crippen molar-refractivity contribution in [3.8, 4) is 22.7 Å². The molecule has 4 rings (SSSR count). The molecule has 0 atom stereocenters. The molecule has 0 saturated heterocycles. The normalized spacial score (nSPS) is 13.6. The number of nitrogens with zero attached hydrogens (tertiary/aromatic N) is 2. The zero-order chi connectivity index (χ0) is 18.4. The first kappa shape index (κ1) is 16.4. The number of hydrogen-bond donors (Lipinski definition) is 2. The molecule has 0 radical (unpaired) electrons. The number of fused-ring (bicyclic) bond motifs is 1. The van der Waals surface area contributed by atoms with Crippen LogP contribution in [0, 0.1) is 13.8 Å². The lowest BCUT2D eigenvalue weighted by atomic mass is 9.93. The lowest BCUT2D eigenvalue weighted by molar-refractivity contribution is 0.1000. The highest BCUT2D eigenvalue weighted by molar-refractivity contribution is 6.02. The van der Waals surface area contributed by atoms with E-state index in [0.717, 1.165) is 59.6 Å². The molecule has 0 saturated carbocycles. The average molecular weight is 351 g/mol. The summed E-state index contributed by atoms with van der Waals surface area (Å²) in [4.78, 5) is 12.4. The van der Waals surface area contributed by atoms with Gasteiger partial charge in [0.05, 0.1) is 22.5 Å². The van der Waals surface area contributed by atoms with E-state index in [2.05, 4.69) is 9.72 Å². The summed E-state index contributed by atoms with van der Waals surface area (Å²) in [6, 6.07) is 6.98. The Morgan fingerprint density at radius 3 is 2.50 bits per heavy atom. The van der Waals surface area contributed by atoms with Crippen LogP contribution in [-0.2, 0) is 12.8 Å². The maximum Gasteiger partial charge on any atom is 0.251 e. The second kappa shape index (κ2) is 6.05. The second-order valence-corrected chi connectivity index (χ2v) is 6.77. The van der Waals surface area contributed by atoms with Crippen LogP contribution in [0.25, 0.3) is 16.9 Å². The van der Waals surface area contributed by atoms with Gasteiger partial charge >= 0.3 is 0 Å². The fraction of sp³-hybridized carbons (Fsp3) is 0.300. The molecule has 6 nitrogen and oxygen atoms in total. The zero-order valence-electron chi connectivity index (χ0n) is 14.9. The molecular formula is C20H21N3O3. The number of benzene rings is 1. The fourth-order valence-corrected chi connectivity index (χ4v) is 4.01. The lowest BCUT2D eigenvalue weighted by Gasteiger charge is -2.17. The molecular weight excluding hydrogens is 330 g/mol. The van der Waals surface area contributed by atoms with E-state index in [1.54, 1.807) is 12.1 Å². The van der Waals surface area contributed by atoms with Gasteiger partial charge in [0, 0.05) is 11.4 Å². The molecule has 26 heavy (non-hydrogen) atoms. The van der Waals surface area contributed by atoms with Gasteiger partial charge in [-0.05, 0) is 69.4 Å². The molecule has 1 aliphatic rings. The third kappa shape index (κ3) is 2.41. The number of amides is 1. The highest BCUT2D eigenvalue weighted by Crippen LogP contribution is 2.40. The maximum absolute atomic E-state index is 12.4. The summed E-state index contributed by atoms with van der Waals surface area (Å²) >= 11 is 0. The Morgan fingerprint density at radius 2 is 1.88 bits per heavy atom. The first-order valence-corrected chi connectivity index (χ1v) is 8.78. The third-order valence-corrected chi connectivity index (χ3v) is 5.10. The van der Waals surface area contributed by atoms with Crippen LogP contribution in [0.5, 0.6) is 5.75 Å². The molecule has 3 N–H and O–H groups in total. The van der Waals surface area contributed by atoms with E-state index >= 15 is 0 Å². The van der Waals surface area contributed by atoms with Gasteiger partial charge in [0.1, 0.15) is 11.5 Å². The maximum atomic E-state index is 12.4. The summed E-state index contributed by atoms with van der Waals surface area (Å²) < 4.78 is 7.45. The zero-order valence-corrected chi connectivity index (χ0v) is 14.9. The van der Waals surface area contributed by atoms with Crippen molar-refractivity contribution in [2.24, 2.45) is 5.73 Å². The molecule has 0 unspecified atom stereocenters. The van der Waals surface area contributed by atoms with E-state index in [9.17, 15) is 9.90 Å². The molecule has 1 aliphatic carbocycles. The summed E-state index contributed by atoms with van der Waals surface area (Å²) in [6.07, 6.45) is 3.80. The number of rotatable bonds is 3. The smallest absolute Gasteiger partial charge is 0.251 e. The quantitative estimate of drug-likeness (QED) is 0.756. The number of hydrogen-bond acceptors (Lipinski definition) is 4. The minimum Gasteiger partial charge on any atom is -0.508 e. The van der Waals surface area contributed by atoms with Crippen molar-refractivity contribution in [1.29, 1.82) is 0 Å². The van der Waals surface area contributed by atoms with Crippen molar-refractivity contribution in [2.45, 2.75) is 39.5 Å². The van der Waals surface area contributed by atoms with Crippen LogP contribution in [0.2, 0.25) is 0 Å². The first-order chi connectivity index (χ1) is 12.5. The molecule has 0 fully saturated rings. The van der Waals surface area contributed by atoms with Crippen molar-refractivity contribution >= 4 is 5.91 Å². The van der Waals surface area contributed by atoms with Crippen LogP contribution in [0.4, 0.5) is 0 Å². The fourth-order valence-electron chi connectivity index (χ4n) is 4.01. The largest absolute Gasteiger partial charge is 0.508 e. The molecule has 1 aromatic carbocycles. The second-order valence-electron chi connectivity index (χ2n) is 6.77. The number of phenolic OH excluding ortho intramolecular Hbond substituents is 1. The van der Waals surface area contributed by atoms with E-state index in [1.807, 2.05) is 26.0 Å². The molecule has 0 aliphatic heterocycles. The molecule has 3 aromatic rings. The minimum atomic E-state index is -0.435. The Labute approximate surface area is 151 Å². The van der Waals surface area contributed by atoms with Gasteiger partial charge < -0.3 is 19.9 Å². The highest BCUT2D eigenvalue weighted by atomic mass is 16.5. The number of aryl methyl sites for hydroxylation is 2. The summed E-state index contributed by atoms with van der Waals surface area (Å²) in [5.41, 5.74) is 11.6. The predicted octanol–water partition coefficient (Wildman–Crippen LogP) is 3.43. The van der Waals surface area contributed by atoms with Gasteiger partial charge in [-0.15, -0.1) is 0 Å². The Hall–Kier alpha value is -3.02. The Kier molecular flexibility index (Phi) is 3.83. The van der Waals surface area contributed by atoms with Crippen molar-refractivity contribution < 1.29 is 14.4 Å². The summed E-state index contributed by atoms with van der Waals surface area (Å²) in [7, 11) is 0.